The van der Waals surface area contributed by atoms with Gasteiger partial charge < -0.3 is 10.1 Å². The van der Waals surface area contributed by atoms with Gasteiger partial charge in [0, 0.05) is 47.7 Å². The van der Waals surface area contributed by atoms with Crippen LogP contribution in [-0.2, 0) is 30.6 Å². The highest BCUT2D eigenvalue weighted by molar-refractivity contribution is 7.89. The van der Waals surface area contributed by atoms with Gasteiger partial charge in [0.15, 0.2) is 0 Å². The molecule has 2 saturated heterocycles. The van der Waals surface area contributed by atoms with Crippen LogP contribution in [0.25, 0.3) is 0 Å². The summed E-state index contributed by atoms with van der Waals surface area (Å²) < 4.78 is 60.4. The maximum Gasteiger partial charge on any atom is 0.243 e. The van der Waals surface area contributed by atoms with E-state index in [1.807, 2.05) is 0 Å². The topological polar surface area (TPSA) is 113 Å². The minimum atomic E-state index is -3.69. The number of sulfonamides is 2. The van der Waals surface area contributed by atoms with Crippen LogP contribution in [0.5, 0.6) is 5.75 Å². The maximum absolute atomic E-state index is 13.1. The highest BCUT2D eigenvalue weighted by atomic mass is 35.5. The monoisotopic (exact) mass is 603 g/mol. The van der Waals surface area contributed by atoms with Gasteiger partial charge in [0.25, 0.3) is 0 Å². The van der Waals surface area contributed by atoms with Crippen molar-refractivity contribution in [2.24, 2.45) is 5.92 Å². The van der Waals surface area contributed by atoms with Gasteiger partial charge in [-0.2, -0.15) is 4.31 Å². The number of hydrogen-bond donors (Lipinski definition) is 1. The summed E-state index contributed by atoms with van der Waals surface area (Å²) in [7, 11) is -5.94. The molecule has 0 aromatic heterocycles. The van der Waals surface area contributed by atoms with Gasteiger partial charge in [-0.15, -0.1) is 0 Å². The van der Waals surface area contributed by atoms with Crippen LogP contribution in [0.2, 0.25) is 10.0 Å². The van der Waals surface area contributed by atoms with Gasteiger partial charge in [-0.25, -0.2) is 21.1 Å². The molecule has 38 heavy (non-hydrogen) atoms. The molecule has 1 N–H and O–H groups in total. The van der Waals surface area contributed by atoms with Crippen LogP contribution in [-0.4, -0.2) is 64.6 Å². The van der Waals surface area contributed by atoms with Gasteiger partial charge in [-0.1, -0.05) is 35.7 Å². The number of carbonyl (C=O) groups excluding carboxylic acids is 1. The summed E-state index contributed by atoms with van der Waals surface area (Å²) >= 11 is 12.3. The van der Waals surface area contributed by atoms with E-state index in [9.17, 15) is 21.6 Å². The summed E-state index contributed by atoms with van der Waals surface area (Å²) in [6, 6.07) is 9.27. The van der Waals surface area contributed by atoms with Crippen molar-refractivity contribution < 1.29 is 26.4 Å². The Morgan fingerprint density at radius 2 is 1.58 bits per heavy atom. The van der Waals surface area contributed by atoms with E-state index < -0.39 is 26.0 Å². The zero-order valence-electron chi connectivity index (χ0n) is 21.0. The van der Waals surface area contributed by atoms with Crippen molar-refractivity contribution in [3.63, 3.8) is 0 Å². The van der Waals surface area contributed by atoms with Crippen molar-refractivity contribution in [3.8, 4) is 5.75 Å². The Morgan fingerprint density at radius 1 is 0.947 bits per heavy atom. The first kappa shape index (κ1) is 29.1. The predicted octanol–water partition coefficient (Wildman–Crippen LogP) is 4.36. The molecule has 9 nitrogen and oxygen atoms in total. The molecule has 0 unspecified atom stereocenters. The fraction of sp³-hybridized carbons (Fsp3) is 0.480. The molecule has 13 heteroatoms. The number of hydrogen-bond acceptors (Lipinski definition) is 6. The van der Waals surface area contributed by atoms with Crippen molar-refractivity contribution in [2.45, 2.75) is 42.8 Å². The second kappa shape index (κ2) is 12.1. The van der Waals surface area contributed by atoms with Crippen molar-refractivity contribution in [1.29, 1.82) is 0 Å². The SMILES string of the molecule is COc1ccc(S(=O)(=O)N2CCCCC2)cc1NC(=O)C1CCN(S(=O)(=O)Cc2c(Cl)cccc2Cl)CC1. The summed E-state index contributed by atoms with van der Waals surface area (Å²) in [4.78, 5) is 13.2. The van der Waals surface area contributed by atoms with Gasteiger partial charge in [0.05, 0.1) is 23.4 Å². The number of nitrogens with one attached hydrogen (secondary N) is 1. The molecule has 0 aliphatic carbocycles. The van der Waals surface area contributed by atoms with Crippen LogP contribution < -0.4 is 10.1 Å². The number of nitrogens with zero attached hydrogens (tertiary/aromatic N) is 2. The largest absolute Gasteiger partial charge is 0.495 e. The molecule has 1 amide bonds. The van der Waals surface area contributed by atoms with Gasteiger partial charge in [0.2, 0.25) is 26.0 Å². The number of anilines is 1. The Labute approximate surface area is 234 Å². The van der Waals surface area contributed by atoms with E-state index in [0.717, 1.165) is 19.3 Å². The van der Waals surface area contributed by atoms with E-state index in [1.54, 1.807) is 18.2 Å². The van der Waals surface area contributed by atoms with Crippen molar-refractivity contribution in [3.05, 3.63) is 52.0 Å². The molecular weight excluding hydrogens is 573 g/mol. The van der Waals surface area contributed by atoms with Crippen LogP contribution in [0.4, 0.5) is 5.69 Å². The molecule has 0 atom stereocenters. The molecular formula is C25H31Cl2N3O6S2. The molecule has 0 spiro atoms. The Morgan fingerprint density at radius 3 is 2.18 bits per heavy atom. The van der Waals surface area contributed by atoms with Crippen LogP contribution in [0.15, 0.2) is 41.3 Å². The summed E-state index contributed by atoms with van der Waals surface area (Å²) in [6.45, 7) is 1.28. The number of carbonyl (C=O) groups is 1. The zero-order chi connectivity index (χ0) is 27.5. The molecule has 208 valence electrons. The first-order valence-electron chi connectivity index (χ1n) is 12.4. The van der Waals surface area contributed by atoms with Gasteiger partial charge >= 0.3 is 0 Å². The first-order valence-corrected chi connectivity index (χ1v) is 16.2. The number of methoxy groups -OCH3 is 1. The number of piperidine rings is 2. The predicted molar refractivity (Wildman–Crippen MR) is 148 cm³/mol. The average molecular weight is 605 g/mol. The molecule has 0 bridgehead atoms. The van der Waals surface area contributed by atoms with Gasteiger partial charge in [0.1, 0.15) is 5.75 Å². The molecule has 0 saturated carbocycles. The second-order valence-electron chi connectivity index (χ2n) is 9.45. The molecule has 2 aliphatic heterocycles. The second-order valence-corrected chi connectivity index (χ2v) is 14.2. The van der Waals surface area contributed by atoms with Gasteiger partial charge in [-0.05, 0) is 56.0 Å². The molecule has 2 aromatic carbocycles. The third-order valence-corrected chi connectivity index (χ3v) is 11.4. The highest BCUT2D eigenvalue weighted by Gasteiger charge is 2.33. The summed E-state index contributed by atoms with van der Waals surface area (Å²) in [6.07, 6.45) is 3.27. The molecule has 2 aliphatic rings. The lowest BCUT2D eigenvalue weighted by Crippen LogP contribution is -2.42. The number of halogens is 2. The number of amides is 1. The zero-order valence-corrected chi connectivity index (χ0v) is 24.2. The van der Waals surface area contributed by atoms with E-state index in [1.165, 1.54) is 33.9 Å². The summed E-state index contributed by atoms with van der Waals surface area (Å²) in [5, 5.41) is 3.38. The van der Waals surface area contributed by atoms with Crippen molar-refractivity contribution >= 4 is 54.8 Å². The van der Waals surface area contributed by atoms with Crippen LogP contribution in [0, 0.1) is 5.92 Å². The lowest BCUT2D eigenvalue weighted by molar-refractivity contribution is -0.120. The normalized spacial score (nSPS) is 18.3. The Balaban J connectivity index is 1.42. The highest BCUT2D eigenvalue weighted by Crippen LogP contribution is 2.32. The summed E-state index contributed by atoms with van der Waals surface area (Å²) in [5.41, 5.74) is 0.612. The molecule has 2 fully saturated rings. The van der Waals surface area contributed by atoms with E-state index in [0.29, 0.717) is 37.2 Å². The Bertz CT molecular complexity index is 1370. The lowest BCUT2D eigenvalue weighted by atomic mass is 9.97. The Hall–Kier alpha value is -1.89. The fourth-order valence-corrected chi connectivity index (χ4v) is 8.63. The minimum Gasteiger partial charge on any atom is -0.495 e. The van der Waals surface area contributed by atoms with Crippen LogP contribution in [0.1, 0.15) is 37.7 Å². The van der Waals surface area contributed by atoms with E-state index in [-0.39, 0.29) is 45.4 Å². The Kier molecular flexibility index (Phi) is 9.26. The minimum absolute atomic E-state index is 0.0923. The van der Waals surface area contributed by atoms with Crippen LogP contribution in [0.3, 0.4) is 0 Å². The fourth-order valence-electron chi connectivity index (χ4n) is 4.77. The quantitative estimate of drug-likeness (QED) is 0.480. The summed E-state index contributed by atoms with van der Waals surface area (Å²) in [5.74, 6) is -0.746. The van der Waals surface area contributed by atoms with Crippen LogP contribution >= 0.6 is 23.2 Å². The lowest BCUT2D eigenvalue weighted by Gasteiger charge is -2.31. The third-order valence-electron chi connectivity index (χ3n) is 6.99. The smallest absolute Gasteiger partial charge is 0.243 e. The number of rotatable bonds is 8. The van der Waals surface area contributed by atoms with Crippen molar-refractivity contribution in [2.75, 3.05) is 38.6 Å². The number of benzene rings is 2. The first-order chi connectivity index (χ1) is 18.0. The third kappa shape index (κ3) is 6.46. The van der Waals surface area contributed by atoms with E-state index >= 15 is 0 Å². The van der Waals surface area contributed by atoms with Gasteiger partial charge in [-0.3, -0.25) is 4.79 Å². The van der Waals surface area contributed by atoms with E-state index in [4.69, 9.17) is 27.9 Å². The van der Waals surface area contributed by atoms with E-state index in [2.05, 4.69) is 5.32 Å². The maximum atomic E-state index is 13.1. The standard InChI is InChI=1S/C25H31Cl2N3O6S2/c1-36-24-9-8-19(38(34,35)30-12-3-2-4-13-30)16-23(24)28-25(31)18-10-14-29(15-11-18)37(32,33)17-20-21(26)6-5-7-22(20)27/h5-9,16,18H,2-4,10-15,17H2,1H3,(H,28,31). The molecule has 0 radical (unpaired) electrons. The average Bonchev–Trinajstić information content (AvgIpc) is 2.91. The molecule has 2 aromatic rings. The molecule has 4 rings (SSSR count). The molecule has 2 heterocycles. The number of ether oxygens (including phenoxy) is 1. The van der Waals surface area contributed by atoms with Crippen molar-refractivity contribution in [1.82, 2.24) is 8.61 Å².